The van der Waals surface area contributed by atoms with E-state index in [0.717, 1.165) is 39.7 Å². The second kappa shape index (κ2) is 6.58. The number of hydrogen-bond donors (Lipinski definition) is 0. The molecule has 0 atom stereocenters. The molecule has 2 aromatic heterocycles. The molecule has 0 N–H and O–H groups in total. The number of benzene rings is 1. The van der Waals surface area contributed by atoms with Gasteiger partial charge in [0.25, 0.3) is 0 Å². The van der Waals surface area contributed by atoms with Crippen LogP contribution in [0.25, 0.3) is 11.4 Å². The summed E-state index contributed by atoms with van der Waals surface area (Å²) in [7, 11) is 0. The zero-order valence-corrected chi connectivity index (χ0v) is 14.4. The zero-order chi connectivity index (χ0) is 15.5. The predicted molar refractivity (Wildman–Crippen MR) is 89.3 cm³/mol. The normalized spacial score (nSPS) is 11.0. The van der Waals surface area contributed by atoms with E-state index >= 15 is 0 Å². The van der Waals surface area contributed by atoms with E-state index in [-0.39, 0.29) is 0 Å². The quantitative estimate of drug-likeness (QED) is 0.711. The van der Waals surface area contributed by atoms with Crippen LogP contribution in [0.15, 0.2) is 33.8 Å². The standard InChI is InChI=1S/C15H17N5S2/c1-4-12-16-15(22-19-12)21-14-18-17-13(20(14)5-2)11-9-7-6-8-10(11)3/h6-9H,4-5H2,1-3H3. The van der Waals surface area contributed by atoms with Crippen molar-refractivity contribution in [3.63, 3.8) is 0 Å². The molecule has 114 valence electrons. The first kappa shape index (κ1) is 15.2. The van der Waals surface area contributed by atoms with Crippen LogP contribution in [0, 0.1) is 6.92 Å². The second-order valence-electron chi connectivity index (χ2n) is 4.80. The summed E-state index contributed by atoms with van der Waals surface area (Å²) >= 11 is 2.95. The van der Waals surface area contributed by atoms with Gasteiger partial charge in [-0.1, -0.05) is 31.2 Å². The molecule has 3 aromatic rings. The first-order valence-electron chi connectivity index (χ1n) is 7.22. The van der Waals surface area contributed by atoms with Crippen LogP contribution in [0.3, 0.4) is 0 Å². The molecule has 0 radical (unpaired) electrons. The molecule has 1 aromatic carbocycles. The van der Waals surface area contributed by atoms with Crippen molar-refractivity contribution in [2.24, 2.45) is 0 Å². The van der Waals surface area contributed by atoms with Crippen molar-refractivity contribution < 1.29 is 0 Å². The highest BCUT2D eigenvalue weighted by Crippen LogP contribution is 2.31. The van der Waals surface area contributed by atoms with Crippen molar-refractivity contribution in [1.82, 2.24) is 24.1 Å². The van der Waals surface area contributed by atoms with E-state index in [1.54, 1.807) is 0 Å². The molecule has 0 saturated heterocycles. The minimum Gasteiger partial charge on any atom is -0.302 e. The molecule has 2 heterocycles. The maximum atomic E-state index is 4.49. The summed E-state index contributed by atoms with van der Waals surface area (Å²) in [4.78, 5) is 4.49. The van der Waals surface area contributed by atoms with Crippen LogP contribution in [-0.2, 0) is 13.0 Å². The van der Waals surface area contributed by atoms with Crippen molar-refractivity contribution in [3.8, 4) is 11.4 Å². The largest absolute Gasteiger partial charge is 0.302 e. The summed E-state index contributed by atoms with van der Waals surface area (Å²) in [5, 5.41) is 9.60. The summed E-state index contributed by atoms with van der Waals surface area (Å²) in [6, 6.07) is 8.24. The smallest absolute Gasteiger partial charge is 0.198 e. The lowest BCUT2D eigenvalue weighted by Gasteiger charge is -2.08. The summed E-state index contributed by atoms with van der Waals surface area (Å²) in [6.07, 6.45) is 0.853. The van der Waals surface area contributed by atoms with Crippen molar-refractivity contribution in [1.29, 1.82) is 0 Å². The Labute approximate surface area is 138 Å². The minimum atomic E-state index is 0.818. The summed E-state index contributed by atoms with van der Waals surface area (Å²) in [5.74, 6) is 1.79. The highest BCUT2D eigenvalue weighted by molar-refractivity contribution is 8.00. The number of aromatic nitrogens is 5. The van der Waals surface area contributed by atoms with Crippen LogP contribution in [0.5, 0.6) is 0 Å². The molecule has 5 nitrogen and oxygen atoms in total. The molecule has 0 aliphatic rings. The zero-order valence-electron chi connectivity index (χ0n) is 12.8. The van der Waals surface area contributed by atoms with Crippen molar-refractivity contribution in [2.75, 3.05) is 0 Å². The topological polar surface area (TPSA) is 56.5 Å². The van der Waals surface area contributed by atoms with Gasteiger partial charge in [0.2, 0.25) is 0 Å². The van der Waals surface area contributed by atoms with Crippen LogP contribution in [0.2, 0.25) is 0 Å². The first-order chi connectivity index (χ1) is 10.7. The molecular weight excluding hydrogens is 314 g/mol. The lowest BCUT2D eigenvalue weighted by molar-refractivity contribution is 0.687. The molecule has 3 rings (SSSR count). The summed E-state index contributed by atoms with van der Waals surface area (Å²) in [5.41, 5.74) is 2.32. The molecule has 0 fully saturated rings. The van der Waals surface area contributed by atoms with Gasteiger partial charge in [-0.15, -0.1) is 10.2 Å². The van der Waals surface area contributed by atoms with Crippen LogP contribution < -0.4 is 0 Å². The van der Waals surface area contributed by atoms with Gasteiger partial charge in [-0.2, -0.15) is 4.37 Å². The number of aryl methyl sites for hydroxylation is 2. The Morgan fingerprint density at radius 3 is 2.68 bits per heavy atom. The van der Waals surface area contributed by atoms with Crippen molar-refractivity contribution in [3.05, 3.63) is 35.7 Å². The lowest BCUT2D eigenvalue weighted by Crippen LogP contribution is -2.00. The van der Waals surface area contributed by atoms with E-state index in [0.29, 0.717) is 0 Å². The third kappa shape index (κ3) is 2.91. The predicted octanol–water partition coefficient (Wildman–Crippen LogP) is 3.84. The fourth-order valence-electron chi connectivity index (χ4n) is 2.17. The average Bonchev–Trinajstić information content (AvgIpc) is 3.14. The van der Waals surface area contributed by atoms with E-state index < -0.39 is 0 Å². The maximum absolute atomic E-state index is 4.49. The van der Waals surface area contributed by atoms with E-state index in [4.69, 9.17) is 0 Å². The fourth-order valence-corrected chi connectivity index (χ4v) is 3.87. The van der Waals surface area contributed by atoms with E-state index in [2.05, 4.69) is 57.0 Å². The summed E-state index contributed by atoms with van der Waals surface area (Å²) < 4.78 is 7.36. The molecule has 0 amide bonds. The van der Waals surface area contributed by atoms with Gasteiger partial charge < -0.3 is 4.57 Å². The number of nitrogens with zero attached hydrogens (tertiary/aromatic N) is 5. The second-order valence-corrected chi connectivity index (χ2v) is 6.76. The Morgan fingerprint density at radius 2 is 2.00 bits per heavy atom. The van der Waals surface area contributed by atoms with Crippen LogP contribution >= 0.6 is 23.3 Å². The van der Waals surface area contributed by atoms with Gasteiger partial charge in [-0.05, 0) is 42.7 Å². The van der Waals surface area contributed by atoms with E-state index in [1.165, 1.54) is 28.9 Å². The van der Waals surface area contributed by atoms with Gasteiger partial charge in [0.15, 0.2) is 15.3 Å². The Hall–Kier alpha value is -1.73. The molecule has 0 saturated carbocycles. The lowest BCUT2D eigenvalue weighted by atomic mass is 10.1. The molecule has 0 spiro atoms. The first-order valence-corrected chi connectivity index (χ1v) is 8.81. The van der Waals surface area contributed by atoms with Crippen LogP contribution in [0.4, 0.5) is 0 Å². The van der Waals surface area contributed by atoms with Gasteiger partial charge in [0.1, 0.15) is 5.82 Å². The number of rotatable bonds is 5. The van der Waals surface area contributed by atoms with Crippen LogP contribution in [0.1, 0.15) is 25.2 Å². The molecule has 0 aliphatic heterocycles. The van der Waals surface area contributed by atoms with Gasteiger partial charge in [0, 0.05) is 18.5 Å². The highest BCUT2D eigenvalue weighted by atomic mass is 32.2. The third-order valence-electron chi connectivity index (χ3n) is 3.36. The highest BCUT2D eigenvalue weighted by Gasteiger charge is 2.16. The monoisotopic (exact) mass is 331 g/mol. The van der Waals surface area contributed by atoms with Crippen molar-refractivity contribution in [2.45, 2.75) is 43.2 Å². The number of hydrogen-bond acceptors (Lipinski definition) is 6. The van der Waals surface area contributed by atoms with Gasteiger partial charge in [-0.25, -0.2) is 4.98 Å². The fraction of sp³-hybridized carbons (Fsp3) is 0.333. The minimum absolute atomic E-state index is 0.818. The molecule has 0 bridgehead atoms. The SMILES string of the molecule is CCc1nsc(Sc2nnc(-c3ccccc3C)n2CC)n1. The van der Waals surface area contributed by atoms with Crippen molar-refractivity contribution >= 4 is 23.3 Å². The molecule has 7 heteroatoms. The Kier molecular flexibility index (Phi) is 4.54. The van der Waals surface area contributed by atoms with Gasteiger partial charge >= 0.3 is 0 Å². The third-order valence-corrected chi connectivity index (χ3v) is 5.14. The van der Waals surface area contributed by atoms with Gasteiger partial charge in [0.05, 0.1) is 0 Å². The summed E-state index contributed by atoms with van der Waals surface area (Å²) in [6.45, 7) is 7.07. The Morgan fingerprint density at radius 1 is 1.18 bits per heavy atom. The molecule has 0 aliphatic carbocycles. The van der Waals surface area contributed by atoms with Crippen LogP contribution in [-0.4, -0.2) is 24.1 Å². The Bertz CT molecular complexity index is 778. The van der Waals surface area contributed by atoms with Gasteiger partial charge in [-0.3, -0.25) is 0 Å². The average molecular weight is 331 g/mol. The molecule has 22 heavy (non-hydrogen) atoms. The molecular formula is C15H17N5S2. The van der Waals surface area contributed by atoms with E-state index in [1.807, 2.05) is 12.1 Å². The molecule has 0 unspecified atom stereocenters. The van der Waals surface area contributed by atoms with E-state index in [9.17, 15) is 0 Å². The maximum Gasteiger partial charge on any atom is 0.198 e. The Balaban J connectivity index is 1.95.